The zero-order valence-corrected chi connectivity index (χ0v) is 11.5. The molecule has 0 saturated heterocycles. The Labute approximate surface area is 117 Å². The molecule has 108 valence electrons. The lowest BCUT2D eigenvalue weighted by Gasteiger charge is -2.07. The van der Waals surface area contributed by atoms with E-state index in [1.54, 1.807) is 6.20 Å². The number of rotatable bonds is 8. The predicted octanol–water partition coefficient (Wildman–Crippen LogP) is 0.941. The molecule has 20 heavy (non-hydrogen) atoms. The maximum absolute atomic E-state index is 5.59. The van der Waals surface area contributed by atoms with Gasteiger partial charge in [-0.15, -0.1) is 0 Å². The second-order valence-corrected chi connectivity index (χ2v) is 4.17. The van der Waals surface area contributed by atoms with Gasteiger partial charge < -0.3 is 20.4 Å². The fraction of sp³-hybridized carbons (Fsp3) is 0.500. The summed E-state index contributed by atoms with van der Waals surface area (Å²) >= 11 is 0. The van der Waals surface area contributed by atoms with Gasteiger partial charge in [0.15, 0.2) is 0 Å². The van der Waals surface area contributed by atoms with Crippen LogP contribution in [0, 0.1) is 0 Å². The number of hydrogen-bond acceptors (Lipinski definition) is 7. The number of unbranched alkanes of at least 4 members (excludes halogenated alkanes) is 1. The third-order valence-corrected chi connectivity index (χ3v) is 2.59. The summed E-state index contributed by atoms with van der Waals surface area (Å²) in [6.07, 6.45) is 7.58. The zero-order chi connectivity index (χ0) is 14.2. The molecule has 2 rings (SSSR count). The van der Waals surface area contributed by atoms with Crippen LogP contribution in [0.2, 0.25) is 0 Å². The first kappa shape index (κ1) is 14.0. The molecule has 0 unspecified atom stereocenters. The average molecular weight is 277 g/mol. The van der Waals surface area contributed by atoms with Gasteiger partial charge in [0.2, 0.25) is 11.9 Å². The summed E-state index contributed by atoms with van der Waals surface area (Å²) in [7, 11) is 0. The van der Waals surface area contributed by atoms with E-state index in [0.717, 1.165) is 25.9 Å². The number of nitrogens with two attached hydrogens (primary N) is 1. The van der Waals surface area contributed by atoms with Gasteiger partial charge in [-0.1, -0.05) is 0 Å². The minimum atomic E-state index is 0.157. The Morgan fingerprint density at radius 1 is 1.30 bits per heavy atom. The summed E-state index contributed by atoms with van der Waals surface area (Å²) in [5, 5.41) is 3.12. The highest BCUT2D eigenvalue weighted by atomic mass is 16.5. The van der Waals surface area contributed by atoms with Crippen molar-refractivity contribution in [1.82, 2.24) is 24.5 Å². The van der Waals surface area contributed by atoms with Gasteiger partial charge in [-0.2, -0.15) is 15.0 Å². The molecular weight excluding hydrogens is 258 g/mol. The number of anilines is 2. The van der Waals surface area contributed by atoms with E-state index in [1.807, 2.05) is 24.0 Å². The van der Waals surface area contributed by atoms with Crippen LogP contribution in [0.3, 0.4) is 0 Å². The highest BCUT2D eigenvalue weighted by Gasteiger charge is 2.04. The van der Waals surface area contributed by atoms with E-state index in [0.29, 0.717) is 12.6 Å². The Morgan fingerprint density at radius 2 is 2.20 bits per heavy atom. The Kier molecular flexibility index (Phi) is 5.10. The van der Waals surface area contributed by atoms with Crippen molar-refractivity contribution in [3.63, 3.8) is 0 Å². The largest absolute Gasteiger partial charge is 0.464 e. The molecule has 8 heteroatoms. The third-order valence-electron chi connectivity index (χ3n) is 2.59. The van der Waals surface area contributed by atoms with Crippen molar-refractivity contribution in [2.45, 2.75) is 26.3 Å². The summed E-state index contributed by atoms with van der Waals surface area (Å²) in [4.78, 5) is 16.0. The summed E-state index contributed by atoms with van der Waals surface area (Å²) in [6.45, 7) is 4.08. The minimum absolute atomic E-state index is 0.157. The molecule has 0 radical (unpaired) electrons. The van der Waals surface area contributed by atoms with Crippen LogP contribution in [0.15, 0.2) is 18.7 Å². The maximum atomic E-state index is 5.59. The average Bonchev–Trinajstić information content (AvgIpc) is 2.91. The van der Waals surface area contributed by atoms with Crippen LogP contribution in [0.1, 0.15) is 19.8 Å². The van der Waals surface area contributed by atoms with Crippen LogP contribution in [0.5, 0.6) is 6.01 Å². The van der Waals surface area contributed by atoms with E-state index in [1.165, 1.54) is 0 Å². The van der Waals surface area contributed by atoms with Gasteiger partial charge in [-0.05, 0) is 19.8 Å². The van der Waals surface area contributed by atoms with E-state index in [-0.39, 0.29) is 12.0 Å². The monoisotopic (exact) mass is 277 g/mol. The Hall–Kier alpha value is -2.38. The first-order valence-electron chi connectivity index (χ1n) is 6.62. The lowest BCUT2D eigenvalue weighted by molar-refractivity contribution is 0.312. The molecule has 0 amide bonds. The number of aryl methyl sites for hydroxylation is 1. The molecule has 0 spiro atoms. The lowest BCUT2D eigenvalue weighted by Crippen LogP contribution is -2.10. The molecule has 0 atom stereocenters. The van der Waals surface area contributed by atoms with Gasteiger partial charge in [0.05, 0.1) is 12.9 Å². The molecule has 2 heterocycles. The molecule has 8 nitrogen and oxygen atoms in total. The molecular formula is C12H19N7O. The van der Waals surface area contributed by atoms with E-state index in [9.17, 15) is 0 Å². The predicted molar refractivity (Wildman–Crippen MR) is 75.4 cm³/mol. The summed E-state index contributed by atoms with van der Waals surface area (Å²) < 4.78 is 7.26. The van der Waals surface area contributed by atoms with Crippen molar-refractivity contribution in [2.75, 3.05) is 24.2 Å². The molecule has 0 aliphatic carbocycles. The molecule has 0 aromatic carbocycles. The lowest BCUT2D eigenvalue weighted by atomic mass is 10.3. The fourth-order valence-corrected chi connectivity index (χ4v) is 1.68. The molecule has 2 aromatic rings. The van der Waals surface area contributed by atoms with E-state index >= 15 is 0 Å². The number of nitrogen functional groups attached to an aromatic ring is 1. The number of imidazole rings is 1. The molecule has 2 aromatic heterocycles. The third kappa shape index (κ3) is 4.38. The Morgan fingerprint density at radius 3 is 2.95 bits per heavy atom. The van der Waals surface area contributed by atoms with Crippen LogP contribution >= 0.6 is 0 Å². The van der Waals surface area contributed by atoms with Gasteiger partial charge in [0.25, 0.3) is 0 Å². The topological polar surface area (TPSA) is 104 Å². The van der Waals surface area contributed by atoms with Crippen LogP contribution in [-0.2, 0) is 6.54 Å². The molecule has 0 aliphatic heterocycles. The zero-order valence-electron chi connectivity index (χ0n) is 11.5. The Bertz CT molecular complexity index is 515. The molecule has 0 fully saturated rings. The van der Waals surface area contributed by atoms with Gasteiger partial charge in [0.1, 0.15) is 0 Å². The van der Waals surface area contributed by atoms with Gasteiger partial charge in [-0.25, -0.2) is 4.98 Å². The number of hydrogen-bond donors (Lipinski definition) is 2. The smallest absolute Gasteiger partial charge is 0.323 e. The van der Waals surface area contributed by atoms with Crippen LogP contribution in [-0.4, -0.2) is 37.7 Å². The van der Waals surface area contributed by atoms with Gasteiger partial charge >= 0.3 is 6.01 Å². The SMILES string of the molecule is CCOc1nc(N)nc(NCCCCn2ccnc2)n1. The quantitative estimate of drug-likeness (QED) is 0.692. The molecule has 0 bridgehead atoms. The summed E-state index contributed by atoms with van der Waals surface area (Å²) in [5.74, 6) is 0.605. The van der Waals surface area contributed by atoms with Crippen molar-refractivity contribution >= 4 is 11.9 Å². The van der Waals surface area contributed by atoms with E-state index in [4.69, 9.17) is 10.5 Å². The fourth-order valence-electron chi connectivity index (χ4n) is 1.68. The first-order valence-corrected chi connectivity index (χ1v) is 6.62. The van der Waals surface area contributed by atoms with E-state index < -0.39 is 0 Å². The van der Waals surface area contributed by atoms with Gasteiger partial charge in [-0.3, -0.25) is 0 Å². The van der Waals surface area contributed by atoms with Crippen molar-refractivity contribution in [1.29, 1.82) is 0 Å². The second kappa shape index (κ2) is 7.27. The van der Waals surface area contributed by atoms with E-state index in [2.05, 4.69) is 25.3 Å². The number of ether oxygens (including phenoxy) is 1. The van der Waals surface area contributed by atoms with Crippen molar-refractivity contribution in [3.8, 4) is 6.01 Å². The summed E-state index contributed by atoms with van der Waals surface area (Å²) in [6, 6.07) is 0.251. The van der Waals surface area contributed by atoms with Crippen LogP contribution in [0.25, 0.3) is 0 Å². The van der Waals surface area contributed by atoms with Crippen LogP contribution < -0.4 is 15.8 Å². The highest BCUT2D eigenvalue weighted by Crippen LogP contribution is 2.08. The number of aromatic nitrogens is 5. The maximum Gasteiger partial charge on any atom is 0.323 e. The normalized spacial score (nSPS) is 10.4. The molecule has 0 aliphatic rings. The highest BCUT2D eigenvalue weighted by molar-refractivity contribution is 5.32. The van der Waals surface area contributed by atoms with Crippen LogP contribution in [0.4, 0.5) is 11.9 Å². The summed E-state index contributed by atoms with van der Waals surface area (Å²) in [5.41, 5.74) is 5.59. The molecule has 3 N–H and O–H groups in total. The Balaban J connectivity index is 1.73. The van der Waals surface area contributed by atoms with Gasteiger partial charge in [0, 0.05) is 25.5 Å². The standard InChI is InChI=1S/C12H19N7O/c1-2-20-12-17-10(13)16-11(18-12)15-5-3-4-7-19-8-6-14-9-19/h6,8-9H,2-5,7H2,1H3,(H3,13,15,16,17,18). The number of nitrogens with zero attached hydrogens (tertiary/aromatic N) is 5. The van der Waals surface area contributed by atoms with Crippen molar-refractivity contribution in [2.24, 2.45) is 0 Å². The second-order valence-electron chi connectivity index (χ2n) is 4.17. The minimum Gasteiger partial charge on any atom is -0.464 e. The number of nitrogens with one attached hydrogen (secondary N) is 1. The van der Waals surface area contributed by atoms with Crippen molar-refractivity contribution in [3.05, 3.63) is 18.7 Å². The first-order chi connectivity index (χ1) is 9.78. The molecule has 0 saturated carbocycles. The van der Waals surface area contributed by atoms with Crippen molar-refractivity contribution < 1.29 is 4.74 Å².